The number of carbonyl (C=O) groups excluding carboxylic acids is 1. The van der Waals surface area contributed by atoms with Gasteiger partial charge in [-0.05, 0) is 30.5 Å². The Balaban J connectivity index is 1.97. The van der Waals surface area contributed by atoms with Gasteiger partial charge in [0.2, 0.25) is 5.91 Å². The Bertz CT molecular complexity index is 945. The Morgan fingerprint density at radius 3 is 2.38 bits per heavy atom. The van der Waals surface area contributed by atoms with Crippen LogP contribution in [0.4, 0.5) is 0 Å². The van der Waals surface area contributed by atoms with E-state index >= 15 is 0 Å². The van der Waals surface area contributed by atoms with Crippen LogP contribution in [0.15, 0.2) is 41.7 Å². The van der Waals surface area contributed by atoms with Gasteiger partial charge < -0.3 is 14.6 Å². The van der Waals surface area contributed by atoms with E-state index in [4.69, 9.17) is 0 Å². The van der Waals surface area contributed by atoms with Gasteiger partial charge in [0.1, 0.15) is 0 Å². The Morgan fingerprint density at radius 2 is 1.86 bits per heavy atom. The number of aromatic nitrogens is 2. The number of aryl methyl sites for hydroxylation is 1. The second-order valence-corrected chi connectivity index (χ2v) is 9.90. The molecule has 1 aromatic heterocycles. The number of aliphatic hydroxyl groups is 1. The quantitative estimate of drug-likeness (QED) is 0.741. The zero-order chi connectivity index (χ0) is 21.1. The third kappa shape index (κ3) is 4.53. The van der Waals surface area contributed by atoms with Crippen LogP contribution in [-0.4, -0.2) is 53.3 Å². The number of benzene rings is 1. The predicted molar refractivity (Wildman–Crippen MR) is 110 cm³/mol. The van der Waals surface area contributed by atoms with E-state index < -0.39 is 15.3 Å². The molecule has 1 amide bonds. The normalized spacial score (nSPS) is 16.5. The van der Waals surface area contributed by atoms with E-state index in [1.54, 1.807) is 41.7 Å². The Labute approximate surface area is 172 Å². The Hall–Kier alpha value is -2.19. The Kier molecular flexibility index (Phi) is 6.43. The number of amides is 1. The summed E-state index contributed by atoms with van der Waals surface area (Å²) in [6.45, 7) is 0.499. The molecule has 1 heterocycles. The summed E-state index contributed by atoms with van der Waals surface area (Å²) in [4.78, 5) is 19.9. The third-order valence-electron chi connectivity index (χ3n) is 5.88. The molecule has 1 fully saturated rings. The number of carbonyl (C=O) groups is 1. The third-order valence-corrected chi connectivity index (χ3v) is 7.01. The van der Waals surface area contributed by atoms with Crippen molar-refractivity contribution in [2.75, 3.05) is 19.4 Å². The minimum atomic E-state index is -3.29. The first-order valence-electron chi connectivity index (χ1n) is 9.94. The van der Waals surface area contributed by atoms with Gasteiger partial charge in [-0.1, -0.05) is 31.4 Å². The van der Waals surface area contributed by atoms with Crippen molar-refractivity contribution in [3.63, 3.8) is 0 Å². The van der Waals surface area contributed by atoms with Crippen molar-refractivity contribution in [1.82, 2.24) is 14.5 Å². The SMILES string of the molecule is Cn1cncc1CN(CCO)C(=O)C1(c2ccc(S(C)(=O)=O)cc2)CCCCC1. The zero-order valence-electron chi connectivity index (χ0n) is 17.0. The number of rotatable bonds is 7. The van der Waals surface area contributed by atoms with Gasteiger partial charge >= 0.3 is 0 Å². The first-order chi connectivity index (χ1) is 13.8. The molecule has 3 rings (SSSR count). The molecule has 0 spiro atoms. The molecule has 0 unspecified atom stereocenters. The van der Waals surface area contributed by atoms with E-state index in [2.05, 4.69) is 4.98 Å². The van der Waals surface area contributed by atoms with Gasteiger partial charge in [0.15, 0.2) is 9.84 Å². The second kappa shape index (κ2) is 8.67. The zero-order valence-corrected chi connectivity index (χ0v) is 17.9. The number of imidazole rings is 1. The topological polar surface area (TPSA) is 92.5 Å². The summed E-state index contributed by atoms with van der Waals surface area (Å²) >= 11 is 0. The van der Waals surface area contributed by atoms with E-state index in [0.717, 1.165) is 43.4 Å². The second-order valence-electron chi connectivity index (χ2n) is 7.89. The maximum atomic E-state index is 13.8. The van der Waals surface area contributed by atoms with Gasteiger partial charge in [0.25, 0.3) is 0 Å². The highest BCUT2D eigenvalue weighted by molar-refractivity contribution is 7.90. The van der Waals surface area contributed by atoms with Crippen LogP contribution in [0.5, 0.6) is 0 Å². The number of sulfone groups is 1. The lowest BCUT2D eigenvalue weighted by Gasteiger charge is -2.40. The molecule has 1 aromatic carbocycles. The van der Waals surface area contributed by atoms with Crippen molar-refractivity contribution in [1.29, 1.82) is 0 Å². The van der Waals surface area contributed by atoms with Crippen molar-refractivity contribution < 1.29 is 18.3 Å². The van der Waals surface area contributed by atoms with Gasteiger partial charge in [0, 0.05) is 26.0 Å². The van der Waals surface area contributed by atoms with E-state index in [1.165, 1.54) is 6.26 Å². The highest BCUT2D eigenvalue weighted by Crippen LogP contribution is 2.41. The monoisotopic (exact) mass is 419 g/mol. The van der Waals surface area contributed by atoms with Gasteiger partial charge in [-0.2, -0.15) is 0 Å². The fourth-order valence-corrected chi connectivity index (χ4v) is 4.84. The standard InChI is InChI=1S/C21H29N3O4S/c1-23-16-22-14-18(23)15-24(12-13-25)20(26)21(10-4-3-5-11-21)17-6-8-19(9-7-17)29(2,27)28/h6-9,14,16,25H,3-5,10-13,15H2,1-2H3. The smallest absolute Gasteiger partial charge is 0.233 e. The summed E-state index contributed by atoms with van der Waals surface area (Å²) in [7, 11) is -1.41. The predicted octanol–water partition coefficient (Wildman–Crippen LogP) is 2.05. The Morgan fingerprint density at radius 1 is 1.21 bits per heavy atom. The lowest BCUT2D eigenvalue weighted by Crippen LogP contribution is -2.48. The van der Waals surface area contributed by atoms with Gasteiger partial charge in [-0.3, -0.25) is 4.79 Å². The van der Waals surface area contributed by atoms with Crippen molar-refractivity contribution in [2.24, 2.45) is 7.05 Å². The van der Waals surface area contributed by atoms with E-state index in [9.17, 15) is 18.3 Å². The molecule has 8 heteroatoms. The van der Waals surface area contributed by atoms with Crippen LogP contribution >= 0.6 is 0 Å². The van der Waals surface area contributed by atoms with Crippen LogP contribution in [0, 0.1) is 0 Å². The fraction of sp³-hybridized carbons (Fsp3) is 0.524. The van der Waals surface area contributed by atoms with E-state index in [1.807, 2.05) is 11.6 Å². The summed E-state index contributed by atoms with van der Waals surface area (Å²) < 4.78 is 25.5. The molecular weight excluding hydrogens is 390 g/mol. The van der Waals surface area contributed by atoms with Crippen LogP contribution in [0.25, 0.3) is 0 Å². The van der Waals surface area contributed by atoms with Gasteiger partial charge in [0.05, 0.1) is 35.5 Å². The summed E-state index contributed by atoms with van der Waals surface area (Å²) in [6, 6.07) is 6.74. The number of hydrogen-bond donors (Lipinski definition) is 1. The van der Waals surface area contributed by atoms with Crippen molar-refractivity contribution >= 4 is 15.7 Å². The molecule has 0 radical (unpaired) electrons. The molecule has 1 aliphatic carbocycles. The van der Waals surface area contributed by atoms with Crippen LogP contribution in [0.3, 0.4) is 0 Å². The van der Waals surface area contributed by atoms with Crippen molar-refractivity contribution in [2.45, 2.75) is 49.0 Å². The number of nitrogens with zero attached hydrogens (tertiary/aromatic N) is 3. The van der Waals surface area contributed by atoms with Gasteiger partial charge in [-0.15, -0.1) is 0 Å². The molecule has 2 aromatic rings. The molecular formula is C21H29N3O4S. The first-order valence-corrected chi connectivity index (χ1v) is 11.8. The lowest BCUT2D eigenvalue weighted by atomic mass is 9.68. The molecule has 7 nitrogen and oxygen atoms in total. The highest BCUT2D eigenvalue weighted by atomic mass is 32.2. The molecule has 158 valence electrons. The molecule has 0 bridgehead atoms. The average molecular weight is 420 g/mol. The van der Waals surface area contributed by atoms with E-state index in [-0.39, 0.29) is 24.0 Å². The fourth-order valence-electron chi connectivity index (χ4n) is 4.21. The van der Waals surface area contributed by atoms with Crippen molar-refractivity contribution in [3.05, 3.63) is 48.0 Å². The largest absolute Gasteiger partial charge is 0.395 e. The van der Waals surface area contributed by atoms with E-state index in [0.29, 0.717) is 6.54 Å². The summed E-state index contributed by atoms with van der Waals surface area (Å²) in [5.74, 6) is -0.0143. The maximum Gasteiger partial charge on any atom is 0.233 e. The first kappa shape index (κ1) is 21.5. The lowest BCUT2D eigenvalue weighted by molar-refractivity contribution is -0.140. The van der Waals surface area contributed by atoms with Crippen LogP contribution in [0.2, 0.25) is 0 Å². The van der Waals surface area contributed by atoms with Crippen LogP contribution in [-0.2, 0) is 33.6 Å². The minimum Gasteiger partial charge on any atom is -0.395 e. The molecule has 1 aliphatic rings. The molecule has 0 atom stereocenters. The van der Waals surface area contributed by atoms with Crippen LogP contribution in [0.1, 0.15) is 43.4 Å². The summed E-state index contributed by atoms with van der Waals surface area (Å²) in [6.07, 6.45) is 9.01. The van der Waals surface area contributed by atoms with Gasteiger partial charge in [-0.25, -0.2) is 13.4 Å². The summed E-state index contributed by atoms with van der Waals surface area (Å²) in [5, 5.41) is 9.58. The highest BCUT2D eigenvalue weighted by Gasteiger charge is 2.43. The minimum absolute atomic E-state index is 0.0143. The summed E-state index contributed by atoms with van der Waals surface area (Å²) in [5.41, 5.74) is 1.05. The molecule has 0 aliphatic heterocycles. The van der Waals surface area contributed by atoms with Crippen LogP contribution < -0.4 is 0 Å². The molecule has 1 saturated carbocycles. The molecule has 0 saturated heterocycles. The number of aliphatic hydroxyl groups excluding tert-OH is 1. The molecule has 1 N–H and O–H groups in total. The van der Waals surface area contributed by atoms with Crippen molar-refractivity contribution in [3.8, 4) is 0 Å². The average Bonchev–Trinajstić information content (AvgIpc) is 3.11. The maximum absolute atomic E-state index is 13.8. The molecule has 29 heavy (non-hydrogen) atoms. The number of hydrogen-bond acceptors (Lipinski definition) is 5.